The predicted molar refractivity (Wildman–Crippen MR) is 113 cm³/mol. The van der Waals surface area contributed by atoms with Crippen molar-refractivity contribution in [3.8, 4) is 22.6 Å². The molecule has 138 valence electrons. The molecular formula is C26H22O2. The zero-order valence-corrected chi connectivity index (χ0v) is 15.6. The minimum atomic E-state index is 0.569. The van der Waals surface area contributed by atoms with Crippen LogP contribution in [0.5, 0.6) is 11.5 Å². The molecule has 0 bridgehead atoms. The summed E-state index contributed by atoms with van der Waals surface area (Å²) in [6.45, 7) is 1.14. The van der Waals surface area contributed by atoms with Gasteiger partial charge in [0.15, 0.2) is 0 Å². The standard InChI is InChI=1S/C26H22O2/c1-3-7-25(8-4-1)27-19-21-11-15-23(16-12-21)24-17-13-22(14-18-24)20-28-26-9-5-2-6-10-26/h1-18H,19-20H2. The van der Waals surface area contributed by atoms with Gasteiger partial charge in [-0.3, -0.25) is 0 Å². The number of rotatable bonds is 7. The van der Waals surface area contributed by atoms with Gasteiger partial charge in [-0.2, -0.15) is 0 Å². The molecule has 0 aromatic heterocycles. The van der Waals surface area contributed by atoms with Crippen LogP contribution in [0.25, 0.3) is 11.1 Å². The summed E-state index contributed by atoms with van der Waals surface area (Å²) in [4.78, 5) is 0. The fourth-order valence-corrected chi connectivity index (χ4v) is 2.95. The summed E-state index contributed by atoms with van der Waals surface area (Å²) in [5, 5.41) is 0. The first kappa shape index (κ1) is 17.9. The van der Waals surface area contributed by atoms with Crippen molar-refractivity contribution in [1.29, 1.82) is 0 Å². The smallest absolute Gasteiger partial charge is 0.119 e. The Hall–Kier alpha value is -3.52. The Morgan fingerprint density at radius 1 is 0.393 bits per heavy atom. The highest BCUT2D eigenvalue weighted by Gasteiger charge is 2.01. The monoisotopic (exact) mass is 366 g/mol. The van der Waals surface area contributed by atoms with E-state index in [9.17, 15) is 0 Å². The summed E-state index contributed by atoms with van der Waals surface area (Å²) in [5.41, 5.74) is 4.69. The third-order valence-corrected chi connectivity index (χ3v) is 4.54. The van der Waals surface area contributed by atoms with Crippen molar-refractivity contribution in [2.45, 2.75) is 13.2 Å². The molecule has 0 spiro atoms. The van der Waals surface area contributed by atoms with Crippen LogP contribution in [-0.2, 0) is 13.2 Å². The van der Waals surface area contributed by atoms with Crippen LogP contribution in [-0.4, -0.2) is 0 Å². The lowest BCUT2D eigenvalue weighted by Crippen LogP contribution is -1.95. The van der Waals surface area contributed by atoms with Crippen LogP contribution in [0.2, 0.25) is 0 Å². The van der Waals surface area contributed by atoms with E-state index in [4.69, 9.17) is 9.47 Å². The van der Waals surface area contributed by atoms with Crippen molar-refractivity contribution < 1.29 is 9.47 Å². The van der Waals surface area contributed by atoms with Crippen LogP contribution in [0, 0.1) is 0 Å². The molecule has 0 saturated carbocycles. The number of hydrogen-bond donors (Lipinski definition) is 0. The van der Waals surface area contributed by atoms with Gasteiger partial charge in [-0.1, -0.05) is 84.9 Å². The molecule has 28 heavy (non-hydrogen) atoms. The van der Waals surface area contributed by atoms with Crippen molar-refractivity contribution in [2.75, 3.05) is 0 Å². The number of ether oxygens (including phenoxy) is 2. The normalized spacial score (nSPS) is 10.4. The maximum atomic E-state index is 5.80. The van der Waals surface area contributed by atoms with E-state index in [-0.39, 0.29) is 0 Å². The molecule has 0 radical (unpaired) electrons. The highest BCUT2D eigenvalue weighted by Crippen LogP contribution is 2.22. The molecule has 0 heterocycles. The zero-order chi connectivity index (χ0) is 19.0. The molecule has 4 aromatic rings. The predicted octanol–water partition coefficient (Wildman–Crippen LogP) is 6.51. The van der Waals surface area contributed by atoms with Crippen LogP contribution < -0.4 is 9.47 Å². The van der Waals surface area contributed by atoms with E-state index in [1.54, 1.807) is 0 Å². The summed E-state index contributed by atoms with van der Waals surface area (Å²) >= 11 is 0. The average molecular weight is 366 g/mol. The lowest BCUT2D eigenvalue weighted by atomic mass is 10.0. The molecule has 2 nitrogen and oxygen atoms in total. The van der Waals surface area contributed by atoms with Crippen LogP contribution in [0.4, 0.5) is 0 Å². The molecule has 0 atom stereocenters. The fraction of sp³-hybridized carbons (Fsp3) is 0.0769. The van der Waals surface area contributed by atoms with Gasteiger partial charge in [0.2, 0.25) is 0 Å². The Morgan fingerprint density at radius 3 is 1.11 bits per heavy atom. The van der Waals surface area contributed by atoms with Gasteiger partial charge >= 0.3 is 0 Å². The molecule has 4 aromatic carbocycles. The third kappa shape index (κ3) is 4.80. The molecule has 0 fully saturated rings. The minimum absolute atomic E-state index is 0.569. The van der Waals surface area contributed by atoms with Crippen molar-refractivity contribution in [1.82, 2.24) is 0 Å². The van der Waals surface area contributed by atoms with Crippen LogP contribution in [0.3, 0.4) is 0 Å². The van der Waals surface area contributed by atoms with Crippen molar-refractivity contribution >= 4 is 0 Å². The molecule has 4 rings (SSSR count). The molecule has 0 unspecified atom stereocenters. The molecule has 0 aliphatic heterocycles. The topological polar surface area (TPSA) is 18.5 Å². The Kier molecular flexibility index (Phi) is 5.69. The summed E-state index contributed by atoms with van der Waals surface area (Å²) in [6.07, 6.45) is 0. The van der Waals surface area contributed by atoms with Gasteiger partial charge < -0.3 is 9.47 Å². The Bertz CT molecular complexity index is 891. The van der Waals surface area contributed by atoms with Crippen molar-refractivity contribution in [2.24, 2.45) is 0 Å². The first-order chi connectivity index (χ1) is 13.9. The molecule has 0 N–H and O–H groups in total. The second-order valence-electron chi connectivity index (χ2n) is 6.60. The minimum Gasteiger partial charge on any atom is -0.489 e. The highest BCUT2D eigenvalue weighted by molar-refractivity contribution is 5.63. The molecule has 0 aliphatic rings. The van der Waals surface area contributed by atoms with Crippen molar-refractivity contribution in [3.05, 3.63) is 120 Å². The largest absolute Gasteiger partial charge is 0.489 e. The van der Waals surface area contributed by atoms with Crippen LogP contribution in [0.1, 0.15) is 11.1 Å². The number of hydrogen-bond acceptors (Lipinski definition) is 2. The SMILES string of the molecule is c1ccc(OCc2ccc(-c3ccc(COc4ccccc4)cc3)cc2)cc1. The highest BCUT2D eigenvalue weighted by atomic mass is 16.5. The van der Waals surface area contributed by atoms with Crippen LogP contribution >= 0.6 is 0 Å². The second-order valence-corrected chi connectivity index (χ2v) is 6.60. The molecule has 2 heteroatoms. The Morgan fingerprint density at radius 2 is 0.750 bits per heavy atom. The van der Waals surface area contributed by atoms with E-state index < -0.39 is 0 Å². The van der Waals surface area contributed by atoms with Crippen molar-refractivity contribution in [3.63, 3.8) is 0 Å². The second kappa shape index (κ2) is 8.92. The lowest BCUT2D eigenvalue weighted by molar-refractivity contribution is 0.306. The number of para-hydroxylation sites is 2. The van der Waals surface area contributed by atoms with E-state index in [0.29, 0.717) is 13.2 Å². The first-order valence-electron chi connectivity index (χ1n) is 9.41. The fourth-order valence-electron chi connectivity index (χ4n) is 2.95. The van der Waals surface area contributed by atoms with E-state index in [2.05, 4.69) is 48.5 Å². The third-order valence-electron chi connectivity index (χ3n) is 4.54. The average Bonchev–Trinajstić information content (AvgIpc) is 2.78. The van der Waals surface area contributed by atoms with Crippen LogP contribution in [0.15, 0.2) is 109 Å². The Balaban J connectivity index is 1.34. The van der Waals surface area contributed by atoms with Gasteiger partial charge in [0.25, 0.3) is 0 Å². The zero-order valence-electron chi connectivity index (χ0n) is 15.6. The van der Waals surface area contributed by atoms with Gasteiger partial charge in [-0.25, -0.2) is 0 Å². The lowest BCUT2D eigenvalue weighted by Gasteiger charge is -2.09. The van der Waals surface area contributed by atoms with E-state index >= 15 is 0 Å². The van der Waals surface area contributed by atoms with Gasteiger partial charge in [0.05, 0.1) is 0 Å². The molecule has 0 aliphatic carbocycles. The van der Waals surface area contributed by atoms with Gasteiger partial charge in [0.1, 0.15) is 24.7 Å². The summed E-state index contributed by atoms with van der Waals surface area (Å²) in [5.74, 6) is 1.78. The van der Waals surface area contributed by atoms with Gasteiger partial charge in [-0.05, 0) is 46.5 Å². The summed E-state index contributed by atoms with van der Waals surface area (Å²) in [6, 6.07) is 36.8. The first-order valence-corrected chi connectivity index (χ1v) is 9.41. The quantitative estimate of drug-likeness (QED) is 0.371. The Labute approximate surface area is 166 Å². The van der Waals surface area contributed by atoms with E-state index in [0.717, 1.165) is 22.6 Å². The molecule has 0 amide bonds. The van der Waals surface area contributed by atoms with Gasteiger partial charge in [-0.15, -0.1) is 0 Å². The maximum Gasteiger partial charge on any atom is 0.119 e. The van der Waals surface area contributed by atoms with E-state index in [1.807, 2.05) is 60.7 Å². The molecular weight excluding hydrogens is 344 g/mol. The summed E-state index contributed by atoms with van der Waals surface area (Å²) < 4.78 is 11.6. The van der Waals surface area contributed by atoms with Gasteiger partial charge in [0, 0.05) is 0 Å². The van der Waals surface area contributed by atoms with E-state index in [1.165, 1.54) is 11.1 Å². The number of benzene rings is 4. The summed E-state index contributed by atoms with van der Waals surface area (Å²) in [7, 11) is 0. The maximum absolute atomic E-state index is 5.80. The molecule has 0 saturated heterocycles.